The van der Waals surface area contributed by atoms with Crippen molar-refractivity contribution in [2.24, 2.45) is 0 Å². The highest BCUT2D eigenvalue weighted by atomic mass is 16.5. The van der Waals surface area contributed by atoms with Gasteiger partial charge in [0, 0.05) is 24.5 Å². The molecule has 0 atom stereocenters. The molecule has 0 fully saturated rings. The first kappa shape index (κ1) is 22.8. The topological polar surface area (TPSA) is 76.5 Å². The number of aryl methyl sites for hydroxylation is 1. The Morgan fingerprint density at radius 2 is 1.74 bits per heavy atom. The van der Waals surface area contributed by atoms with Crippen LogP contribution in [0.5, 0.6) is 5.75 Å². The number of anilines is 1. The van der Waals surface area contributed by atoms with Crippen LogP contribution < -0.4 is 10.1 Å². The predicted molar refractivity (Wildman–Crippen MR) is 132 cm³/mol. The monoisotopic (exact) mass is 454 g/mol. The fourth-order valence-corrected chi connectivity index (χ4v) is 3.56. The molecular weight excluding hydrogens is 428 g/mol. The lowest BCUT2D eigenvalue weighted by Gasteiger charge is -2.17. The number of benzene rings is 3. The van der Waals surface area contributed by atoms with Gasteiger partial charge in [-0.15, -0.1) is 0 Å². The fraction of sp³-hybridized carbons (Fsp3) is 0.148. The van der Waals surface area contributed by atoms with Gasteiger partial charge in [-0.1, -0.05) is 48.0 Å². The van der Waals surface area contributed by atoms with Crippen LogP contribution in [-0.2, 0) is 4.79 Å². The molecule has 0 bridgehead atoms. The molecule has 1 aromatic heterocycles. The second-order valence-electron chi connectivity index (χ2n) is 7.98. The van der Waals surface area contributed by atoms with E-state index < -0.39 is 0 Å². The van der Waals surface area contributed by atoms with Crippen LogP contribution in [0.4, 0.5) is 5.69 Å². The minimum atomic E-state index is -0.306. The van der Waals surface area contributed by atoms with Gasteiger partial charge in [0.15, 0.2) is 0 Å². The number of carbonyl (C=O) groups is 2. The summed E-state index contributed by atoms with van der Waals surface area (Å²) in [5.74, 6) is 0.0756. The number of hydrogen-bond donors (Lipinski definition) is 1. The number of amides is 2. The van der Waals surface area contributed by atoms with E-state index in [-0.39, 0.29) is 18.4 Å². The number of ether oxygens (including phenoxy) is 1. The Bertz CT molecular complexity index is 1300. The molecule has 0 spiro atoms. The van der Waals surface area contributed by atoms with E-state index in [1.165, 1.54) is 4.90 Å². The number of nitrogens with zero attached hydrogens (tertiary/aromatic N) is 3. The van der Waals surface area contributed by atoms with E-state index in [0.29, 0.717) is 22.7 Å². The molecule has 0 aliphatic heterocycles. The smallest absolute Gasteiger partial charge is 0.257 e. The molecule has 1 heterocycles. The third-order valence-corrected chi connectivity index (χ3v) is 5.37. The van der Waals surface area contributed by atoms with Crippen LogP contribution in [-0.4, -0.2) is 47.2 Å². The molecule has 7 heteroatoms. The summed E-state index contributed by atoms with van der Waals surface area (Å²) in [6.07, 6.45) is 1.70. The summed E-state index contributed by atoms with van der Waals surface area (Å²) in [6, 6.07) is 24.4. The van der Waals surface area contributed by atoms with Crippen molar-refractivity contribution in [1.29, 1.82) is 0 Å². The van der Waals surface area contributed by atoms with E-state index in [1.54, 1.807) is 37.2 Å². The number of para-hydroxylation sites is 1. The maximum absolute atomic E-state index is 13.4. The molecule has 0 radical (unpaired) electrons. The highest BCUT2D eigenvalue weighted by Gasteiger charge is 2.23. The van der Waals surface area contributed by atoms with Crippen molar-refractivity contribution < 1.29 is 14.3 Å². The summed E-state index contributed by atoms with van der Waals surface area (Å²) in [5, 5.41) is 7.53. The van der Waals surface area contributed by atoms with E-state index >= 15 is 0 Å². The van der Waals surface area contributed by atoms with E-state index in [4.69, 9.17) is 9.84 Å². The van der Waals surface area contributed by atoms with E-state index in [9.17, 15) is 9.59 Å². The zero-order valence-electron chi connectivity index (χ0n) is 19.4. The van der Waals surface area contributed by atoms with Gasteiger partial charge in [0.05, 0.1) is 24.9 Å². The third-order valence-electron chi connectivity index (χ3n) is 5.37. The van der Waals surface area contributed by atoms with Gasteiger partial charge in [0.2, 0.25) is 5.91 Å². The van der Waals surface area contributed by atoms with Crippen LogP contribution in [0.3, 0.4) is 0 Å². The number of likely N-dealkylation sites (N-methyl/N-ethyl adjacent to an activating group) is 1. The zero-order valence-corrected chi connectivity index (χ0v) is 19.4. The number of rotatable bonds is 7. The van der Waals surface area contributed by atoms with Crippen LogP contribution in [0.2, 0.25) is 0 Å². The van der Waals surface area contributed by atoms with Gasteiger partial charge in [0.1, 0.15) is 11.4 Å². The molecule has 0 saturated heterocycles. The maximum atomic E-state index is 13.4. The van der Waals surface area contributed by atoms with Gasteiger partial charge < -0.3 is 15.0 Å². The van der Waals surface area contributed by atoms with Gasteiger partial charge in [-0.05, 0) is 43.3 Å². The van der Waals surface area contributed by atoms with Crippen molar-refractivity contribution in [3.05, 3.63) is 96.2 Å². The van der Waals surface area contributed by atoms with Gasteiger partial charge in [0.25, 0.3) is 5.91 Å². The number of carbonyl (C=O) groups excluding carboxylic acids is 2. The number of aromatic nitrogens is 2. The molecule has 4 aromatic rings. The van der Waals surface area contributed by atoms with Crippen molar-refractivity contribution >= 4 is 17.5 Å². The van der Waals surface area contributed by atoms with Crippen molar-refractivity contribution in [2.45, 2.75) is 6.92 Å². The number of methoxy groups -OCH3 is 1. The van der Waals surface area contributed by atoms with Crippen LogP contribution in [0, 0.1) is 6.92 Å². The van der Waals surface area contributed by atoms with Gasteiger partial charge in [-0.3, -0.25) is 9.59 Å². The summed E-state index contributed by atoms with van der Waals surface area (Å²) in [4.78, 5) is 27.3. The minimum absolute atomic E-state index is 0.0962. The highest BCUT2D eigenvalue weighted by molar-refractivity contribution is 6.02. The molecular formula is C27H26N4O3. The van der Waals surface area contributed by atoms with E-state index in [0.717, 1.165) is 16.8 Å². The maximum Gasteiger partial charge on any atom is 0.257 e. The van der Waals surface area contributed by atoms with E-state index in [2.05, 4.69) is 5.32 Å². The Morgan fingerprint density at radius 3 is 2.44 bits per heavy atom. The Kier molecular flexibility index (Phi) is 6.73. The second-order valence-corrected chi connectivity index (χ2v) is 7.98. The van der Waals surface area contributed by atoms with Crippen molar-refractivity contribution in [3.63, 3.8) is 0 Å². The zero-order chi connectivity index (χ0) is 24.1. The first-order chi connectivity index (χ1) is 16.4. The molecule has 7 nitrogen and oxygen atoms in total. The van der Waals surface area contributed by atoms with E-state index in [1.807, 2.05) is 73.7 Å². The fourth-order valence-electron chi connectivity index (χ4n) is 3.56. The molecule has 172 valence electrons. The van der Waals surface area contributed by atoms with Crippen molar-refractivity contribution in [3.8, 4) is 22.7 Å². The largest absolute Gasteiger partial charge is 0.497 e. The van der Waals surface area contributed by atoms with Crippen LogP contribution >= 0.6 is 0 Å². The highest BCUT2D eigenvalue weighted by Crippen LogP contribution is 2.28. The molecule has 0 unspecified atom stereocenters. The standard InChI is InChI=1S/C27H26N4O3/c1-19-12-14-22(15-13-19)31-17-24(26(29-31)20-8-7-11-23(16-20)34-3)27(33)30(2)18-25(32)28-21-9-5-4-6-10-21/h4-17H,18H2,1-3H3,(H,28,32). The molecule has 0 saturated carbocycles. The Hall–Kier alpha value is -4.39. The molecule has 34 heavy (non-hydrogen) atoms. The molecule has 4 rings (SSSR count). The van der Waals surface area contributed by atoms with Crippen molar-refractivity contribution in [1.82, 2.24) is 14.7 Å². The lowest BCUT2D eigenvalue weighted by Crippen LogP contribution is -2.35. The predicted octanol–water partition coefficient (Wildman–Crippen LogP) is 4.57. The van der Waals surface area contributed by atoms with Gasteiger partial charge in [-0.2, -0.15) is 5.10 Å². The van der Waals surface area contributed by atoms with Crippen LogP contribution in [0.15, 0.2) is 85.1 Å². The summed E-state index contributed by atoms with van der Waals surface area (Å²) >= 11 is 0. The molecule has 0 aliphatic carbocycles. The summed E-state index contributed by atoms with van der Waals surface area (Å²) < 4.78 is 7.04. The summed E-state index contributed by atoms with van der Waals surface area (Å²) in [6.45, 7) is 1.92. The molecule has 2 amide bonds. The Balaban J connectivity index is 1.64. The van der Waals surface area contributed by atoms with Crippen molar-refractivity contribution in [2.75, 3.05) is 26.0 Å². The lowest BCUT2D eigenvalue weighted by atomic mass is 10.1. The third kappa shape index (κ3) is 5.15. The van der Waals surface area contributed by atoms with Crippen LogP contribution in [0.1, 0.15) is 15.9 Å². The normalized spacial score (nSPS) is 10.6. The SMILES string of the molecule is COc1cccc(-c2nn(-c3ccc(C)cc3)cc2C(=O)N(C)CC(=O)Nc2ccccc2)c1. The average Bonchev–Trinajstić information content (AvgIpc) is 3.30. The molecule has 1 N–H and O–H groups in total. The minimum Gasteiger partial charge on any atom is -0.497 e. The quantitative estimate of drug-likeness (QED) is 0.444. The van der Waals surface area contributed by atoms with Gasteiger partial charge >= 0.3 is 0 Å². The van der Waals surface area contributed by atoms with Crippen LogP contribution in [0.25, 0.3) is 16.9 Å². The summed E-state index contributed by atoms with van der Waals surface area (Å²) in [7, 11) is 3.20. The number of nitrogens with one attached hydrogen (secondary N) is 1. The molecule has 0 aliphatic rings. The van der Waals surface area contributed by atoms with Gasteiger partial charge in [-0.25, -0.2) is 4.68 Å². The number of hydrogen-bond acceptors (Lipinski definition) is 4. The average molecular weight is 455 g/mol. The summed E-state index contributed by atoms with van der Waals surface area (Å²) in [5.41, 5.74) is 4.29. The first-order valence-corrected chi connectivity index (χ1v) is 10.9. The Morgan fingerprint density at radius 1 is 1.00 bits per heavy atom. The first-order valence-electron chi connectivity index (χ1n) is 10.9. The molecule has 3 aromatic carbocycles. The lowest BCUT2D eigenvalue weighted by molar-refractivity contribution is -0.116. The second kappa shape index (κ2) is 10.0. The Labute approximate surface area is 198 Å².